The number of nitrogens with zero attached hydrogens (tertiary/aromatic N) is 2. The zero-order valence-electron chi connectivity index (χ0n) is 20.4. The first kappa shape index (κ1) is 26.4. The Morgan fingerprint density at radius 3 is 2.37 bits per heavy atom. The minimum absolute atomic E-state index is 0.0169. The summed E-state index contributed by atoms with van der Waals surface area (Å²) in [6.07, 6.45) is 0. The summed E-state index contributed by atoms with van der Waals surface area (Å²) in [7, 11) is -6.65. The quantitative estimate of drug-likeness (QED) is 0.343. The van der Waals surface area contributed by atoms with Crippen molar-refractivity contribution in [3.8, 4) is 5.75 Å². The number of morpholine rings is 1. The molecule has 0 atom stereocenters. The molecule has 1 saturated heterocycles. The first-order valence-electron chi connectivity index (χ1n) is 11.6. The van der Waals surface area contributed by atoms with E-state index in [9.17, 15) is 21.6 Å². The molecular formula is C25H25N3O7S3. The number of hydrogen-bond acceptors (Lipinski definition) is 8. The third kappa shape index (κ3) is 5.20. The molecule has 200 valence electrons. The number of benzene rings is 3. The van der Waals surface area contributed by atoms with Crippen molar-refractivity contribution < 1.29 is 26.3 Å². The summed E-state index contributed by atoms with van der Waals surface area (Å²) in [4.78, 5) is 12.3. The zero-order valence-corrected chi connectivity index (χ0v) is 22.8. The van der Waals surface area contributed by atoms with E-state index in [0.29, 0.717) is 16.8 Å². The van der Waals surface area contributed by atoms with Gasteiger partial charge in [0.1, 0.15) is 5.75 Å². The van der Waals surface area contributed by atoms with Gasteiger partial charge < -0.3 is 9.47 Å². The van der Waals surface area contributed by atoms with E-state index in [1.54, 1.807) is 10.6 Å². The van der Waals surface area contributed by atoms with Gasteiger partial charge >= 0.3 is 4.87 Å². The molecule has 5 rings (SSSR count). The summed E-state index contributed by atoms with van der Waals surface area (Å²) in [5.41, 5.74) is 1.56. The SMILES string of the molecule is COc1ccc(S(=O)(=O)N2CCOCC2)cc1NS(=O)(=O)c1ccc2c(c1)sc(=O)n2Cc1ccccc1. The Morgan fingerprint density at radius 1 is 0.947 bits per heavy atom. The lowest BCUT2D eigenvalue weighted by Crippen LogP contribution is -2.40. The number of rotatable bonds is 8. The van der Waals surface area contributed by atoms with E-state index in [1.807, 2.05) is 30.3 Å². The number of hydrogen-bond donors (Lipinski definition) is 1. The van der Waals surface area contributed by atoms with Crippen LogP contribution in [0.5, 0.6) is 5.75 Å². The molecule has 1 fully saturated rings. The number of nitrogens with one attached hydrogen (secondary N) is 1. The first-order valence-corrected chi connectivity index (χ1v) is 15.4. The third-order valence-electron chi connectivity index (χ3n) is 6.16. The summed E-state index contributed by atoms with van der Waals surface area (Å²) < 4.78 is 69.3. The third-order valence-corrected chi connectivity index (χ3v) is 10.4. The standard InChI is InChI=1S/C25H25N3O7S3/c1-34-23-10-8-20(38(32,33)27-11-13-35-14-12-27)15-21(23)26-37(30,31)19-7-9-22-24(16-19)36-25(29)28(22)17-18-5-3-2-4-6-18/h2-10,15-16,26H,11-14,17H2,1H3. The number of ether oxygens (including phenoxy) is 2. The Morgan fingerprint density at radius 2 is 1.66 bits per heavy atom. The van der Waals surface area contributed by atoms with Crippen LogP contribution in [0, 0.1) is 0 Å². The average Bonchev–Trinajstić information content (AvgIpc) is 3.23. The second-order valence-electron chi connectivity index (χ2n) is 8.55. The average molecular weight is 576 g/mol. The Balaban J connectivity index is 1.46. The molecule has 1 aliphatic heterocycles. The number of aromatic nitrogens is 1. The smallest absolute Gasteiger partial charge is 0.308 e. The minimum Gasteiger partial charge on any atom is -0.495 e. The van der Waals surface area contributed by atoms with Gasteiger partial charge in [-0.05, 0) is 42.0 Å². The van der Waals surface area contributed by atoms with Crippen molar-refractivity contribution in [1.29, 1.82) is 0 Å². The molecular weight excluding hydrogens is 550 g/mol. The van der Waals surface area contributed by atoms with Crippen LogP contribution in [0.3, 0.4) is 0 Å². The highest BCUT2D eigenvalue weighted by atomic mass is 32.2. The van der Waals surface area contributed by atoms with Crippen molar-refractivity contribution in [2.24, 2.45) is 0 Å². The molecule has 0 saturated carbocycles. The molecule has 0 radical (unpaired) electrons. The van der Waals surface area contributed by atoms with Crippen molar-refractivity contribution in [2.45, 2.75) is 16.3 Å². The molecule has 0 aliphatic carbocycles. The van der Waals surface area contributed by atoms with Crippen LogP contribution in [0.1, 0.15) is 5.56 Å². The van der Waals surface area contributed by atoms with E-state index in [2.05, 4.69) is 4.72 Å². The van der Waals surface area contributed by atoms with Crippen LogP contribution in [-0.2, 0) is 31.3 Å². The fourth-order valence-electron chi connectivity index (χ4n) is 4.20. The highest BCUT2D eigenvalue weighted by Crippen LogP contribution is 2.32. The lowest BCUT2D eigenvalue weighted by molar-refractivity contribution is 0.0730. The van der Waals surface area contributed by atoms with Crippen molar-refractivity contribution >= 4 is 47.3 Å². The second-order valence-corrected chi connectivity index (χ2v) is 13.2. The Labute approximate surface area is 224 Å². The summed E-state index contributed by atoms with van der Waals surface area (Å²) in [5.74, 6) is 0.161. The molecule has 10 nitrogen and oxygen atoms in total. The van der Waals surface area contributed by atoms with Crippen LogP contribution < -0.4 is 14.3 Å². The first-order chi connectivity index (χ1) is 18.2. The maximum absolute atomic E-state index is 13.3. The van der Waals surface area contributed by atoms with Gasteiger partial charge in [-0.15, -0.1) is 0 Å². The van der Waals surface area contributed by atoms with E-state index in [1.165, 1.54) is 41.7 Å². The number of fused-ring (bicyclic) bond motifs is 1. The maximum atomic E-state index is 13.3. The van der Waals surface area contributed by atoms with Crippen LogP contribution >= 0.6 is 11.3 Å². The molecule has 38 heavy (non-hydrogen) atoms. The predicted octanol–water partition coefficient (Wildman–Crippen LogP) is 2.94. The second kappa shape index (κ2) is 10.5. The molecule has 13 heteroatoms. The van der Waals surface area contributed by atoms with Crippen LogP contribution in [0.25, 0.3) is 10.2 Å². The van der Waals surface area contributed by atoms with Crippen molar-refractivity contribution in [1.82, 2.24) is 8.87 Å². The van der Waals surface area contributed by atoms with Crippen LogP contribution in [0.4, 0.5) is 5.69 Å². The lowest BCUT2D eigenvalue weighted by Gasteiger charge is -2.26. The molecule has 1 N–H and O–H groups in total. The summed E-state index contributed by atoms with van der Waals surface area (Å²) in [5, 5.41) is 0. The number of anilines is 1. The van der Waals surface area contributed by atoms with Gasteiger partial charge in [0.05, 0.1) is 52.6 Å². The van der Waals surface area contributed by atoms with E-state index in [-0.39, 0.29) is 52.4 Å². The topological polar surface area (TPSA) is 124 Å². The van der Waals surface area contributed by atoms with Crippen LogP contribution in [0.15, 0.2) is 81.3 Å². The Kier molecular flexibility index (Phi) is 7.29. The van der Waals surface area contributed by atoms with E-state index < -0.39 is 20.0 Å². The normalized spacial score (nSPS) is 15.0. The van der Waals surface area contributed by atoms with Gasteiger partial charge in [0.25, 0.3) is 10.0 Å². The minimum atomic E-state index is -4.15. The summed E-state index contributed by atoms with van der Waals surface area (Å²) >= 11 is 0.959. The van der Waals surface area contributed by atoms with Crippen LogP contribution in [-0.4, -0.2) is 59.1 Å². The van der Waals surface area contributed by atoms with Gasteiger partial charge in [-0.25, -0.2) is 16.8 Å². The predicted molar refractivity (Wildman–Crippen MR) is 145 cm³/mol. The monoisotopic (exact) mass is 575 g/mol. The molecule has 0 amide bonds. The van der Waals surface area contributed by atoms with Gasteiger partial charge in [0.2, 0.25) is 10.0 Å². The molecule has 0 unspecified atom stereocenters. The highest BCUT2D eigenvalue weighted by molar-refractivity contribution is 7.92. The van der Waals surface area contributed by atoms with E-state index >= 15 is 0 Å². The van der Waals surface area contributed by atoms with Crippen molar-refractivity contribution in [3.63, 3.8) is 0 Å². The lowest BCUT2D eigenvalue weighted by atomic mass is 10.2. The fraction of sp³-hybridized carbons (Fsp3) is 0.240. The van der Waals surface area contributed by atoms with Crippen LogP contribution in [0.2, 0.25) is 0 Å². The van der Waals surface area contributed by atoms with E-state index in [4.69, 9.17) is 9.47 Å². The van der Waals surface area contributed by atoms with Gasteiger partial charge in [-0.3, -0.25) is 14.1 Å². The molecule has 1 aliphatic rings. The van der Waals surface area contributed by atoms with Gasteiger partial charge in [0.15, 0.2) is 0 Å². The zero-order chi connectivity index (χ0) is 26.9. The fourth-order valence-corrected chi connectivity index (χ4v) is 7.72. The van der Waals surface area contributed by atoms with E-state index in [0.717, 1.165) is 16.9 Å². The Hall–Kier alpha value is -3.23. The molecule has 3 aromatic carbocycles. The number of thiazole rings is 1. The molecule has 2 heterocycles. The molecule has 0 bridgehead atoms. The molecule has 4 aromatic rings. The number of sulfonamides is 2. The summed E-state index contributed by atoms with van der Waals surface area (Å²) in [6.45, 7) is 1.36. The van der Waals surface area contributed by atoms with Crippen molar-refractivity contribution in [3.05, 3.63) is 82.0 Å². The number of methoxy groups -OCH3 is 1. The maximum Gasteiger partial charge on any atom is 0.308 e. The van der Waals surface area contributed by atoms with Gasteiger partial charge in [-0.1, -0.05) is 41.7 Å². The highest BCUT2D eigenvalue weighted by Gasteiger charge is 2.28. The molecule has 0 spiro atoms. The van der Waals surface area contributed by atoms with Gasteiger partial charge in [0, 0.05) is 13.1 Å². The van der Waals surface area contributed by atoms with Gasteiger partial charge in [-0.2, -0.15) is 4.31 Å². The Bertz CT molecular complexity index is 1740. The summed E-state index contributed by atoms with van der Waals surface area (Å²) in [6, 6.07) is 18.0. The van der Waals surface area contributed by atoms with Crippen molar-refractivity contribution in [2.75, 3.05) is 38.1 Å². The molecule has 1 aromatic heterocycles. The largest absolute Gasteiger partial charge is 0.495 e.